The molecule has 0 saturated carbocycles. The van der Waals surface area contributed by atoms with Crippen molar-refractivity contribution in [3.8, 4) is 5.75 Å². The van der Waals surface area contributed by atoms with Crippen molar-refractivity contribution in [1.29, 1.82) is 0 Å². The first kappa shape index (κ1) is 14.7. The summed E-state index contributed by atoms with van der Waals surface area (Å²) in [4.78, 5) is 0. The van der Waals surface area contributed by atoms with E-state index in [-0.39, 0.29) is 11.9 Å². The van der Waals surface area contributed by atoms with Crippen molar-refractivity contribution in [2.24, 2.45) is 0 Å². The van der Waals surface area contributed by atoms with Crippen molar-refractivity contribution in [3.05, 3.63) is 58.9 Å². The third kappa shape index (κ3) is 3.87. The van der Waals surface area contributed by atoms with Crippen molar-refractivity contribution in [2.45, 2.75) is 26.5 Å². The number of rotatable bonds is 5. The second-order valence-electron chi connectivity index (χ2n) is 4.76. The normalized spacial score (nSPS) is 10.7. The van der Waals surface area contributed by atoms with Crippen LogP contribution >= 0.6 is 11.6 Å². The van der Waals surface area contributed by atoms with Crippen LogP contribution in [0.1, 0.15) is 19.4 Å². The fourth-order valence-corrected chi connectivity index (χ4v) is 2.05. The Morgan fingerprint density at radius 2 is 1.85 bits per heavy atom. The van der Waals surface area contributed by atoms with Gasteiger partial charge < -0.3 is 10.1 Å². The lowest BCUT2D eigenvalue weighted by Crippen LogP contribution is -2.06. The minimum absolute atomic E-state index is 0.149. The van der Waals surface area contributed by atoms with Gasteiger partial charge in [0.15, 0.2) is 0 Å². The second-order valence-corrected chi connectivity index (χ2v) is 5.17. The number of anilines is 1. The number of nitrogens with one attached hydrogen (secondary N) is 1. The summed E-state index contributed by atoms with van der Waals surface area (Å²) in [5.41, 5.74) is 1.36. The van der Waals surface area contributed by atoms with Crippen molar-refractivity contribution < 1.29 is 9.13 Å². The average Bonchev–Trinajstić information content (AvgIpc) is 2.39. The largest absolute Gasteiger partial charge is 0.491 e. The SMILES string of the molecule is CC(C)Oc1ccc(CNc2c(F)cccc2Cl)cc1. The topological polar surface area (TPSA) is 21.3 Å². The van der Waals surface area contributed by atoms with E-state index in [2.05, 4.69) is 5.32 Å². The van der Waals surface area contributed by atoms with Crippen LogP contribution in [0.5, 0.6) is 5.75 Å². The van der Waals surface area contributed by atoms with Gasteiger partial charge in [0.1, 0.15) is 11.6 Å². The van der Waals surface area contributed by atoms with Gasteiger partial charge in [0.05, 0.1) is 16.8 Å². The maximum atomic E-state index is 13.6. The lowest BCUT2D eigenvalue weighted by molar-refractivity contribution is 0.242. The van der Waals surface area contributed by atoms with Gasteiger partial charge in [0, 0.05) is 6.54 Å². The molecular formula is C16H17ClFNO. The van der Waals surface area contributed by atoms with Gasteiger partial charge in [-0.15, -0.1) is 0 Å². The quantitative estimate of drug-likeness (QED) is 0.848. The van der Waals surface area contributed by atoms with Crippen LogP contribution in [0, 0.1) is 5.82 Å². The molecule has 0 aromatic heterocycles. The first-order valence-electron chi connectivity index (χ1n) is 6.49. The zero-order valence-corrected chi connectivity index (χ0v) is 12.2. The van der Waals surface area contributed by atoms with E-state index < -0.39 is 0 Å². The number of benzene rings is 2. The molecule has 0 bridgehead atoms. The number of hydrogen-bond acceptors (Lipinski definition) is 2. The molecule has 2 nitrogen and oxygen atoms in total. The standard InChI is InChI=1S/C16H17ClFNO/c1-11(2)20-13-8-6-12(7-9-13)10-19-16-14(17)4-3-5-15(16)18/h3-9,11,19H,10H2,1-2H3. The van der Waals surface area contributed by atoms with Crippen LogP contribution in [-0.2, 0) is 6.54 Å². The number of para-hydroxylation sites is 1. The van der Waals surface area contributed by atoms with Crippen LogP contribution in [0.3, 0.4) is 0 Å². The molecule has 0 atom stereocenters. The van der Waals surface area contributed by atoms with Crippen LogP contribution in [0.2, 0.25) is 5.02 Å². The van der Waals surface area contributed by atoms with Gasteiger partial charge in [-0.2, -0.15) is 0 Å². The molecule has 0 aliphatic rings. The van der Waals surface area contributed by atoms with Gasteiger partial charge in [0.25, 0.3) is 0 Å². The molecule has 0 amide bonds. The molecule has 1 N–H and O–H groups in total. The minimum Gasteiger partial charge on any atom is -0.491 e. The van der Waals surface area contributed by atoms with Crippen LogP contribution in [0.4, 0.5) is 10.1 Å². The van der Waals surface area contributed by atoms with Gasteiger partial charge in [-0.3, -0.25) is 0 Å². The highest BCUT2D eigenvalue weighted by Crippen LogP contribution is 2.25. The van der Waals surface area contributed by atoms with E-state index in [1.807, 2.05) is 38.1 Å². The Morgan fingerprint density at radius 1 is 1.15 bits per heavy atom. The molecule has 2 aromatic carbocycles. The molecule has 106 valence electrons. The van der Waals surface area contributed by atoms with Crippen LogP contribution in [0.15, 0.2) is 42.5 Å². The molecule has 0 radical (unpaired) electrons. The summed E-state index contributed by atoms with van der Waals surface area (Å²) in [6, 6.07) is 12.3. The molecule has 0 aliphatic heterocycles. The summed E-state index contributed by atoms with van der Waals surface area (Å²) in [5.74, 6) is 0.477. The highest BCUT2D eigenvalue weighted by molar-refractivity contribution is 6.33. The summed E-state index contributed by atoms with van der Waals surface area (Å²) in [5, 5.41) is 3.39. The van der Waals surface area contributed by atoms with E-state index in [1.54, 1.807) is 12.1 Å². The van der Waals surface area contributed by atoms with Crippen molar-refractivity contribution in [3.63, 3.8) is 0 Å². The molecule has 0 heterocycles. The van der Waals surface area contributed by atoms with Crippen molar-refractivity contribution in [1.82, 2.24) is 0 Å². The third-order valence-electron chi connectivity index (χ3n) is 2.73. The molecule has 0 saturated heterocycles. The van der Waals surface area contributed by atoms with Gasteiger partial charge in [0.2, 0.25) is 0 Å². The Hall–Kier alpha value is -1.74. The summed E-state index contributed by atoms with van der Waals surface area (Å²) in [6.07, 6.45) is 0.149. The van der Waals surface area contributed by atoms with Crippen LogP contribution in [0.25, 0.3) is 0 Å². The lowest BCUT2D eigenvalue weighted by atomic mass is 10.2. The monoisotopic (exact) mass is 293 g/mol. The Balaban J connectivity index is 2.00. The molecule has 0 fully saturated rings. The smallest absolute Gasteiger partial charge is 0.147 e. The summed E-state index contributed by atoms with van der Waals surface area (Å²) < 4.78 is 19.2. The summed E-state index contributed by atoms with van der Waals surface area (Å²) in [6.45, 7) is 4.47. The molecule has 0 aliphatic carbocycles. The molecule has 0 unspecified atom stereocenters. The molecular weight excluding hydrogens is 277 g/mol. The zero-order valence-electron chi connectivity index (χ0n) is 11.5. The van der Waals surface area contributed by atoms with E-state index in [4.69, 9.17) is 16.3 Å². The van der Waals surface area contributed by atoms with Gasteiger partial charge in [-0.25, -0.2) is 4.39 Å². The molecule has 4 heteroatoms. The third-order valence-corrected chi connectivity index (χ3v) is 3.04. The predicted octanol–water partition coefficient (Wildman–Crippen LogP) is 4.88. The molecule has 2 rings (SSSR count). The number of hydrogen-bond donors (Lipinski definition) is 1. The van der Waals surface area contributed by atoms with E-state index in [9.17, 15) is 4.39 Å². The highest BCUT2D eigenvalue weighted by atomic mass is 35.5. The first-order chi connectivity index (χ1) is 9.56. The van der Waals surface area contributed by atoms with Gasteiger partial charge in [-0.05, 0) is 43.7 Å². The van der Waals surface area contributed by atoms with Crippen molar-refractivity contribution >= 4 is 17.3 Å². The van der Waals surface area contributed by atoms with E-state index in [0.29, 0.717) is 17.3 Å². The summed E-state index contributed by atoms with van der Waals surface area (Å²) >= 11 is 5.96. The molecule has 0 spiro atoms. The first-order valence-corrected chi connectivity index (χ1v) is 6.87. The Morgan fingerprint density at radius 3 is 2.45 bits per heavy atom. The fraction of sp³-hybridized carbons (Fsp3) is 0.250. The summed E-state index contributed by atoms with van der Waals surface area (Å²) in [7, 11) is 0. The van der Waals surface area contributed by atoms with E-state index >= 15 is 0 Å². The maximum absolute atomic E-state index is 13.6. The Bertz CT molecular complexity index is 549. The highest BCUT2D eigenvalue weighted by Gasteiger charge is 2.06. The minimum atomic E-state index is -0.350. The van der Waals surface area contributed by atoms with E-state index in [1.165, 1.54) is 6.07 Å². The molecule has 20 heavy (non-hydrogen) atoms. The maximum Gasteiger partial charge on any atom is 0.147 e. The fourth-order valence-electron chi connectivity index (χ4n) is 1.82. The van der Waals surface area contributed by atoms with Crippen LogP contribution in [-0.4, -0.2) is 6.10 Å². The predicted molar refractivity (Wildman–Crippen MR) is 80.9 cm³/mol. The Labute approximate surface area is 123 Å². The number of halogens is 2. The molecule has 2 aromatic rings. The number of ether oxygens (including phenoxy) is 1. The second kappa shape index (κ2) is 6.62. The van der Waals surface area contributed by atoms with Crippen LogP contribution < -0.4 is 10.1 Å². The Kier molecular flexibility index (Phi) is 4.85. The van der Waals surface area contributed by atoms with Crippen molar-refractivity contribution in [2.75, 3.05) is 5.32 Å². The lowest BCUT2D eigenvalue weighted by Gasteiger charge is -2.12. The van der Waals surface area contributed by atoms with Gasteiger partial charge in [-0.1, -0.05) is 29.8 Å². The zero-order chi connectivity index (χ0) is 14.5. The van der Waals surface area contributed by atoms with E-state index in [0.717, 1.165) is 11.3 Å². The van der Waals surface area contributed by atoms with Gasteiger partial charge >= 0.3 is 0 Å². The average molecular weight is 294 g/mol.